The van der Waals surface area contributed by atoms with Gasteiger partial charge in [-0.2, -0.15) is 0 Å². The highest BCUT2D eigenvalue weighted by Crippen LogP contribution is 2.22. The second kappa shape index (κ2) is 5.42. The molecule has 0 aliphatic carbocycles. The Morgan fingerprint density at radius 2 is 1.89 bits per heavy atom. The standard InChI is InChI=1S/C15H22N2O/c1-11-7-12(2)10-17(9-11)15(18)8-13-5-3-4-6-14(13)16/h3-6,11-12H,7-10,16H2,1-2H3. The van der Waals surface area contributed by atoms with Crippen LogP contribution >= 0.6 is 0 Å². The number of rotatable bonds is 2. The summed E-state index contributed by atoms with van der Waals surface area (Å²) in [5, 5.41) is 0. The molecular weight excluding hydrogens is 224 g/mol. The first-order valence-electron chi connectivity index (χ1n) is 6.67. The monoisotopic (exact) mass is 246 g/mol. The van der Waals surface area contributed by atoms with Crippen molar-refractivity contribution >= 4 is 11.6 Å². The Bertz CT molecular complexity index is 420. The smallest absolute Gasteiger partial charge is 0.227 e. The summed E-state index contributed by atoms with van der Waals surface area (Å²) in [7, 11) is 0. The predicted molar refractivity (Wildman–Crippen MR) is 74.1 cm³/mol. The lowest BCUT2D eigenvalue weighted by Crippen LogP contribution is -2.43. The zero-order valence-corrected chi connectivity index (χ0v) is 11.2. The Hall–Kier alpha value is -1.51. The van der Waals surface area contributed by atoms with Gasteiger partial charge in [0.25, 0.3) is 0 Å². The Balaban J connectivity index is 2.02. The molecule has 0 aromatic heterocycles. The van der Waals surface area contributed by atoms with E-state index in [1.807, 2.05) is 29.2 Å². The molecule has 1 aliphatic heterocycles. The van der Waals surface area contributed by atoms with Crippen molar-refractivity contribution in [2.24, 2.45) is 11.8 Å². The Labute approximate surface area is 109 Å². The van der Waals surface area contributed by atoms with Crippen LogP contribution in [0.15, 0.2) is 24.3 Å². The molecule has 98 valence electrons. The number of amides is 1. The molecular formula is C15H22N2O. The van der Waals surface area contributed by atoms with E-state index >= 15 is 0 Å². The number of piperidine rings is 1. The van der Waals surface area contributed by atoms with Gasteiger partial charge in [-0.05, 0) is 29.9 Å². The number of nitrogen functional groups attached to an aromatic ring is 1. The van der Waals surface area contributed by atoms with Crippen molar-refractivity contribution in [2.45, 2.75) is 26.7 Å². The number of hydrogen-bond acceptors (Lipinski definition) is 2. The van der Waals surface area contributed by atoms with Crippen molar-refractivity contribution < 1.29 is 4.79 Å². The summed E-state index contributed by atoms with van der Waals surface area (Å²) in [6.07, 6.45) is 1.64. The van der Waals surface area contributed by atoms with Crippen molar-refractivity contribution in [2.75, 3.05) is 18.8 Å². The minimum absolute atomic E-state index is 0.200. The lowest BCUT2D eigenvalue weighted by Gasteiger charge is -2.35. The molecule has 18 heavy (non-hydrogen) atoms. The van der Waals surface area contributed by atoms with Gasteiger partial charge in [0.1, 0.15) is 0 Å². The Morgan fingerprint density at radius 3 is 2.50 bits per heavy atom. The molecule has 0 saturated carbocycles. The van der Waals surface area contributed by atoms with Crippen LogP contribution in [0.4, 0.5) is 5.69 Å². The quantitative estimate of drug-likeness (QED) is 0.814. The molecule has 1 fully saturated rings. The average molecular weight is 246 g/mol. The molecule has 1 saturated heterocycles. The second-order valence-electron chi connectivity index (χ2n) is 5.62. The zero-order chi connectivity index (χ0) is 13.1. The van der Waals surface area contributed by atoms with E-state index in [4.69, 9.17) is 5.73 Å². The summed E-state index contributed by atoms with van der Waals surface area (Å²) in [5.74, 6) is 1.41. The molecule has 1 aromatic rings. The highest BCUT2D eigenvalue weighted by molar-refractivity contribution is 5.80. The van der Waals surface area contributed by atoms with E-state index in [9.17, 15) is 4.79 Å². The Morgan fingerprint density at radius 1 is 1.28 bits per heavy atom. The number of likely N-dealkylation sites (tertiary alicyclic amines) is 1. The van der Waals surface area contributed by atoms with Gasteiger partial charge in [0.2, 0.25) is 5.91 Å². The van der Waals surface area contributed by atoms with Crippen molar-refractivity contribution in [1.82, 2.24) is 4.90 Å². The lowest BCUT2D eigenvalue weighted by molar-refractivity contribution is -0.133. The van der Waals surface area contributed by atoms with Crippen LogP contribution in [-0.2, 0) is 11.2 Å². The van der Waals surface area contributed by atoms with Crippen molar-refractivity contribution in [3.05, 3.63) is 29.8 Å². The van der Waals surface area contributed by atoms with Crippen molar-refractivity contribution in [1.29, 1.82) is 0 Å². The average Bonchev–Trinajstić information content (AvgIpc) is 2.31. The topological polar surface area (TPSA) is 46.3 Å². The van der Waals surface area contributed by atoms with Crippen LogP contribution in [-0.4, -0.2) is 23.9 Å². The molecule has 1 aromatic carbocycles. The van der Waals surface area contributed by atoms with Gasteiger partial charge in [0.15, 0.2) is 0 Å². The third-order valence-corrected chi connectivity index (χ3v) is 3.62. The molecule has 0 bridgehead atoms. The molecule has 2 unspecified atom stereocenters. The van der Waals surface area contributed by atoms with Crippen molar-refractivity contribution in [3.8, 4) is 0 Å². The maximum absolute atomic E-state index is 12.3. The van der Waals surface area contributed by atoms with Crippen LogP contribution in [0.25, 0.3) is 0 Å². The first-order valence-corrected chi connectivity index (χ1v) is 6.67. The number of nitrogens with two attached hydrogens (primary N) is 1. The highest BCUT2D eigenvalue weighted by Gasteiger charge is 2.25. The third-order valence-electron chi connectivity index (χ3n) is 3.62. The van der Waals surface area contributed by atoms with E-state index < -0.39 is 0 Å². The summed E-state index contributed by atoms with van der Waals surface area (Å²) in [6, 6.07) is 7.61. The molecule has 0 radical (unpaired) electrons. The lowest BCUT2D eigenvalue weighted by atomic mass is 9.91. The van der Waals surface area contributed by atoms with Gasteiger partial charge < -0.3 is 10.6 Å². The van der Waals surface area contributed by atoms with E-state index in [1.165, 1.54) is 6.42 Å². The largest absolute Gasteiger partial charge is 0.398 e. The van der Waals surface area contributed by atoms with E-state index in [-0.39, 0.29) is 5.91 Å². The number of carbonyl (C=O) groups is 1. The summed E-state index contributed by atoms with van der Waals surface area (Å²) < 4.78 is 0. The number of hydrogen-bond donors (Lipinski definition) is 1. The van der Waals surface area contributed by atoms with Gasteiger partial charge in [-0.1, -0.05) is 32.0 Å². The number of carbonyl (C=O) groups excluding carboxylic acids is 1. The fraction of sp³-hybridized carbons (Fsp3) is 0.533. The normalized spacial score (nSPS) is 24.0. The predicted octanol–water partition coefficient (Wildman–Crippen LogP) is 2.32. The number of anilines is 1. The van der Waals surface area contributed by atoms with E-state index in [1.54, 1.807) is 0 Å². The summed E-state index contributed by atoms with van der Waals surface area (Å²) in [4.78, 5) is 14.3. The maximum Gasteiger partial charge on any atom is 0.227 e. The molecule has 3 heteroatoms. The van der Waals surface area contributed by atoms with Gasteiger partial charge in [-0.15, -0.1) is 0 Å². The highest BCUT2D eigenvalue weighted by atomic mass is 16.2. The van der Waals surface area contributed by atoms with E-state index in [0.29, 0.717) is 23.9 Å². The SMILES string of the molecule is CC1CC(C)CN(C(=O)Cc2ccccc2N)C1. The van der Waals surface area contributed by atoms with Gasteiger partial charge in [0.05, 0.1) is 6.42 Å². The number of nitrogens with zero attached hydrogens (tertiary/aromatic N) is 1. The summed E-state index contributed by atoms with van der Waals surface area (Å²) >= 11 is 0. The van der Waals surface area contributed by atoms with Crippen molar-refractivity contribution in [3.63, 3.8) is 0 Å². The minimum Gasteiger partial charge on any atom is -0.398 e. The number of para-hydroxylation sites is 1. The van der Waals surface area contributed by atoms with E-state index in [0.717, 1.165) is 18.7 Å². The zero-order valence-electron chi connectivity index (χ0n) is 11.2. The fourth-order valence-corrected chi connectivity index (χ4v) is 2.84. The van der Waals surface area contributed by atoms with Gasteiger partial charge >= 0.3 is 0 Å². The Kier molecular flexibility index (Phi) is 3.90. The molecule has 1 heterocycles. The third kappa shape index (κ3) is 3.03. The van der Waals surface area contributed by atoms with Crippen LogP contribution in [0.3, 0.4) is 0 Å². The van der Waals surface area contributed by atoms with Crippen LogP contribution in [0, 0.1) is 11.8 Å². The van der Waals surface area contributed by atoms with Crippen LogP contribution < -0.4 is 5.73 Å². The van der Waals surface area contributed by atoms with Gasteiger partial charge in [-0.3, -0.25) is 4.79 Å². The fourth-order valence-electron chi connectivity index (χ4n) is 2.84. The number of benzene rings is 1. The maximum atomic E-state index is 12.3. The molecule has 1 amide bonds. The molecule has 2 rings (SSSR count). The minimum atomic E-state index is 0.200. The first-order chi connectivity index (χ1) is 8.56. The first kappa shape index (κ1) is 12.9. The molecule has 2 atom stereocenters. The molecule has 0 spiro atoms. The molecule has 3 nitrogen and oxygen atoms in total. The van der Waals surface area contributed by atoms with Crippen LogP contribution in [0.2, 0.25) is 0 Å². The second-order valence-corrected chi connectivity index (χ2v) is 5.62. The van der Waals surface area contributed by atoms with Crippen LogP contribution in [0.5, 0.6) is 0 Å². The summed E-state index contributed by atoms with van der Waals surface area (Å²) in [5.41, 5.74) is 7.53. The molecule has 1 aliphatic rings. The molecule has 2 N–H and O–H groups in total. The van der Waals surface area contributed by atoms with E-state index in [2.05, 4.69) is 13.8 Å². The van der Waals surface area contributed by atoms with Crippen LogP contribution in [0.1, 0.15) is 25.8 Å². The summed E-state index contributed by atoms with van der Waals surface area (Å²) in [6.45, 7) is 6.20. The van der Waals surface area contributed by atoms with Gasteiger partial charge in [0, 0.05) is 18.8 Å². The van der Waals surface area contributed by atoms with Gasteiger partial charge in [-0.25, -0.2) is 0 Å².